The highest BCUT2D eigenvalue weighted by molar-refractivity contribution is 5.94. The van der Waals surface area contributed by atoms with E-state index in [2.05, 4.69) is 4.98 Å². The van der Waals surface area contributed by atoms with Crippen molar-refractivity contribution >= 4 is 17.2 Å². The number of nitrogen functional groups attached to an aromatic ring is 1. The molecule has 3 N–H and O–H groups in total. The standard InChI is InChI=1S/C15H11F2N3O2/c1-7-8(12-9(16)3-4-10(18)13(12)17)2-5-11-14(15(21)22)19-6-20(7)11/h2-6H,18H2,1H3,(H,21,22). The summed E-state index contributed by atoms with van der Waals surface area (Å²) < 4.78 is 29.7. The van der Waals surface area contributed by atoms with Gasteiger partial charge in [-0.2, -0.15) is 0 Å². The highest BCUT2D eigenvalue weighted by Gasteiger charge is 2.19. The van der Waals surface area contributed by atoms with Crippen molar-refractivity contribution in [2.75, 3.05) is 5.73 Å². The number of hydrogen-bond acceptors (Lipinski definition) is 3. The molecule has 1 aromatic carbocycles. The van der Waals surface area contributed by atoms with Crippen LogP contribution in [-0.4, -0.2) is 20.5 Å². The van der Waals surface area contributed by atoms with E-state index in [1.54, 1.807) is 6.92 Å². The second kappa shape index (κ2) is 4.80. The molecule has 0 saturated carbocycles. The topological polar surface area (TPSA) is 80.6 Å². The second-order valence-corrected chi connectivity index (χ2v) is 4.81. The molecule has 0 aliphatic rings. The van der Waals surface area contributed by atoms with Crippen LogP contribution in [-0.2, 0) is 0 Å². The third-order valence-corrected chi connectivity index (χ3v) is 3.56. The number of aromatic carboxylic acids is 1. The summed E-state index contributed by atoms with van der Waals surface area (Å²) in [5.74, 6) is -2.76. The van der Waals surface area contributed by atoms with E-state index in [0.717, 1.165) is 12.1 Å². The number of halogens is 2. The summed E-state index contributed by atoms with van der Waals surface area (Å²) in [4.78, 5) is 14.9. The molecule has 0 fully saturated rings. The number of fused-ring (bicyclic) bond motifs is 1. The lowest BCUT2D eigenvalue weighted by Gasteiger charge is -2.12. The zero-order chi connectivity index (χ0) is 16.0. The Morgan fingerprint density at radius 1 is 1.27 bits per heavy atom. The molecule has 0 aliphatic carbocycles. The van der Waals surface area contributed by atoms with Gasteiger partial charge in [0.15, 0.2) is 11.5 Å². The zero-order valence-corrected chi connectivity index (χ0v) is 11.5. The van der Waals surface area contributed by atoms with Gasteiger partial charge in [0.25, 0.3) is 0 Å². The Morgan fingerprint density at radius 3 is 2.68 bits per heavy atom. The molecule has 0 saturated heterocycles. The molecule has 3 aromatic rings. The summed E-state index contributed by atoms with van der Waals surface area (Å²) in [5, 5.41) is 9.06. The first kappa shape index (κ1) is 14.0. The quantitative estimate of drug-likeness (QED) is 0.713. The van der Waals surface area contributed by atoms with E-state index in [0.29, 0.717) is 11.2 Å². The van der Waals surface area contributed by atoms with Crippen molar-refractivity contribution in [3.05, 3.63) is 53.6 Å². The highest BCUT2D eigenvalue weighted by Crippen LogP contribution is 2.32. The first-order valence-electron chi connectivity index (χ1n) is 6.35. The Hall–Kier alpha value is -2.96. The smallest absolute Gasteiger partial charge is 0.356 e. The van der Waals surface area contributed by atoms with Crippen molar-refractivity contribution in [3.8, 4) is 11.1 Å². The molecule has 22 heavy (non-hydrogen) atoms. The molecular weight excluding hydrogens is 292 g/mol. The number of nitrogens with two attached hydrogens (primary N) is 1. The van der Waals surface area contributed by atoms with E-state index in [1.807, 2.05) is 0 Å². The van der Waals surface area contributed by atoms with E-state index in [-0.39, 0.29) is 22.5 Å². The molecule has 0 atom stereocenters. The van der Waals surface area contributed by atoms with Gasteiger partial charge in [0.05, 0.1) is 16.8 Å². The molecular formula is C15H11F2N3O2. The van der Waals surface area contributed by atoms with Gasteiger partial charge in [-0.3, -0.25) is 0 Å². The molecule has 0 aliphatic heterocycles. The molecule has 5 nitrogen and oxygen atoms in total. The fourth-order valence-electron chi connectivity index (χ4n) is 2.44. The minimum absolute atomic E-state index is 0.122. The highest BCUT2D eigenvalue weighted by atomic mass is 19.1. The SMILES string of the molecule is Cc1c(-c2c(F)ccc(N)c2F)ccc2c(C(=O)O)ncn12. The maximum absolute atomic E-state index is 14.2. The van der Waals surface area contributed by atoms with Gasteiger partial charge in [0, 0.05) is 11.3 Å². The number of aromatic nitrogens is 2. The Kier molecular flexibility index (Phi) is 3.05. The molecule has 0 bridgehead atoms. The number of benzene rings is 1. The number of carbonyl (C=O) groups is 1. The number of hydrogen-bond donors (Lipinski definition) is 2. The van der Waals surface area contributed by atoms with E-state index in [1.165, 1.54) is 22.9 Å². The van der Waals surface area contributed by atoms with Crippen LogP contribution >= 0.6 is 0 Å². The Balaban J connectivity index is 2.33. The fourth-order valence-corrected chi connectivity index (χ4v) is 2.44. The van der Waals surface area contributed by atoms with Gasteiger partial charge in [-0.1, -0.05) is 6.07 Å². The minimum Gasteiger partial charge on any atom is -0.476 e. The largest absolute Gasteiger partial charge is 0.476 e. The van der Waals surface area contributed by atoms with Crippen molar-refractivity contribution in [1.82, 2.24) is 9.38 Å². The van der Waals surface area contributed by atoms with Crippen LogP contribution in [0.1, 0.15) is 16.2 Å². The molecule has 0 amide bonds. The molecule has 0 spiro atoms. The maximum atomic E-state index is 14.2. The number of rotatable bonds is 2. The van der Waals surface area contributed by atoms with Crippen molar-refractivity contribution in [1.29, 1.82) is 0 Å². The number of pyridine rings is 1. The Bertz CT molecular complexity index is 919. The first-order valence-corrected chi connectivity index (χ1v) is 6.35. The minimum atomic E-state index is -1.17. The number of carboxylic acids is 1. The van der Waals surface area contributed by atoms with Gasteiger partial charge in [-0.25, -0.2) is 18.6 Å². The molecule has 0 radical (unpaired) electrons. The van der Waals surface area contributed by atoms with Crippen molar-refractivity contribution in [3.63, 3.8) is 0 Å². The Morgan fingerprint density at radius 2 is 2.00 bits per heavy atom. The number of imidazole rings is 1. The van der Waals surface area contributed by atoms with Crippen LogP contribution in [0.15, 0.2) is 30.6 Å². The normalized spacial score (nSPS) is 11.0. The molecule has 0 unspecified atom stereocenters. The monoisotopic (exact) mass is 303 g/mol. The third-order valence-electron chi connectivity index (χ3n) is 3.56. The van der Waals surface area contributed by atoms with Crippen molar-refractivity contribution in [2.45, 2.75) is 6.92 Å². The zero-order valence-electron chi connectivity index (χ0n) is 11.5. The van der Waals surface area contributed by atoms with Gasteiger partial charge in [-0.15, -0.1) is 0 Å². The lowest BCUT2D eigenvalue weighted by molar-refractivity contribution is 0.0693. The van der Waals surface area contributed by atoms with Gasteiger partial charge in [0.1, 0.15) is 12.1 Å². The van der Waals surface area contributed by atoms with Crippen LogP contribution in [0.3, 0.4) is 0 Å². The summed E-state index contributed by atoms with van der Waals surface area (Å²) in [6.07, 6.45) is 1.31. The lowest BCUT2D eigenvalue weighted by atomic mass is 10.0. The second-order valence-electron chi connectivity index (χ2n) is 4.81. The van der Waals surface area contributed by atoms with E-state index >= 15 is 0 Å². The lowest BCUT2D eigenvalue weighted by Crippen LogP contribution is -2.02. The molecule has 2 aromatic heterocycles. The first-order chi connectivity index (χ1) is 10.4. The van der Waals surface area contributed by atoms with Crippen LogP contribution in [0.4, 0.5) is 14.5 Å². The van der Waals surface area contributed by atoms with Crippen LogP contribution in [0, 0.1) is 18.6 Å². The van der Waals surface area contributed by atoms with Crippen molar-refractivity contribution < 1.29 is 18.7 Å². The number of carboxylic acid groups (broad SMARTS) is 1. The third kappa shape index (κ3) is 1.90. The van der Waals surface area contributed by atoms with E-state index in [4.69, 9.17) is 10.8 Å². The van der Waals surface area contributed by atoms with Gasteiger partial charge in [0.2, 0.25) is 0 Å². The van der Waals surface area contributed by atoms with Crippen LogP contribution < -0.4 is 5.73 Å². The molecule has 3 rings (SSSR count). The van der Waals surface area contributed by atoms with Crippen LogP contribution in [0.25, 0.3) is 16.6 Å². The number of nitrogens with zero attached hydrogens (tertiary/aromatic N) is 2. The summed E-state index contributed by atoms with van der Waals surface area (Å²) in [5.41, 5.74) is 6.05. The van der Waals surface area contributed by atoms with Crippen molar-refractivity contribution in [2.24, 2.45) is 0 Å². The summed E-state index contributed by atoms with van der Waals surface area (Å²) in [6.45, 7) is 1.62. The predicted octanol–water partition coefficient (Wildman–Crippen LogP) is 2.87. The molecule has 112 valence electrons. The summed E-state index contributed by atoms with van der Waals surface area (Å²) in [7, 11) is 0. The van der Waals surface area contributed by atoms with Gasteiger partial charge in [-0.05, 0) is 25.1 Å². The molecule has 2 heterocycles. The number of aryl methyl sites for hydroxylation is 1. The van der Waals surface area contributed by atoms with Gasteiger partial charge < -0.3 is 15.2 Å². The fraction of sp³-hybridized carbons (Fsp3) is 0.0667. The van der Waals surface area contributed by atoms with Crippen LogP contribution in [0.5, 0.6) is 0 Å². The van der Waals surface area contributed by atoms with Crippen LogP contribution in [0.2, 0.25) is 0 Å². The van der Waals surface area contributed by atoms with E-state index in [9.17, 15) is 13.6 Å². The van der Waals surface area contributed by atoms with Gasteiger partial charge >= 0.3 is 5.97 Å². The maximum Gasteiger partial charge on any atom is 0.356 e. The average molecular weight is 303 g/mol. The average Bonchev–Trinajstić information content (AvgIpc) is 2.90. The van der Waals surface area contributed by atoms with E-state index < -0.39 is 17.6 Å². The molecule has 7 heteroatoms. The summed E-state index contributed by atoms with van der Waals surface area (Å²) >= 11 is 0. The number of anilines is 1. The summed E-state index contributed by atoms with van der Waals surface area (Å²) in [6, 6.07) is 5.16. The Labute approximate surface area is 123 Å². The predicted molar refractivity (Wildman–Crippen MR) is 76.7 cm³/mol.